The third kappa shape index (κ3) is 6.63. The van der Waals surface area contributed by atoms with Gasteiger partial charge in [-0.25, -0.2) is 0 Å². The third-order valence-corrected chi connectivity index (χ3v) is 2.34. The standard InChI is InChI=1S/C11H20O3/c1-3-6-9(2)10(12)7-4-5-8-11(13)14/h9H,3-8H2,1-2H3,(H,13,14). The van der Waals surface area contributed by atoms with Crippen LogP contribution in [0.5, 0.6) is 0 Å². The molecule has 1 N–H and O–H groups in total. The Hall–Kier alpha value is -0.860. The Labute approximate surface area is 85.5 Å². The van der Waals surface area contributed by atoms with Gasteiger partial charge < -0.3 is 5.11 Å². The second-order valence-corrected chi connectivity index (χ2v) is 3.76. The van der Waals surface area contributed by atoms with Gasteiger partial charge in [-0.05, 0) is 19.3 Å². The van der Waals surface area contributed by atoms with Crippen molar-refractivity contribution in [2.75, 3.05) is 0 Å². The molecule has 0 aliphatic carbocycles. The SMILES string of the molecule is CCCC(C)C(=O)CCCCC(=O)O. The number of carbonyl (C=O) groups excluding carboxylic acids is 1. The van der Waals surface area contributed by atoms with Crippen molar-refractivity contribution < 1.29 is 14.7 Å². The van der Waals surface area contributed by atoms with Gasteiger partial charge in [-0.3, -0.25) is 9.59 Å². The molecule has 0 heterocycles. The molecular formula is C11H20O3. The predicted octanol–water partition coefficient (Wildman–Crippen LogP) is 2.64. The minimum Gasteiger partial charge on any atom is -0.481 e. The van der Waals surface area contributed by atoms with Crippen LogP contribution in [0, 0.1) is 5.92 Å². The molecule has 0 bridgehead atoms. The first-order valence-corrected chi connectivity index (χ1v) is 5.32. The van der Waals surface area contributed by atoms with Gasteiger partial charge in [0.05, 0.1) is 0 Å². The molecule has 1 atom stereocenters. The van der Waals surface area contributed by atoms with E-state index in [4.69, 9.17) is 5.11 Å². The molecule has 0 aromatic carbocycles. The Bertz CT molecular complexity index is 187. The first-order valence-electron chi connectivity index (χ1n) is 5.32. The van der Waals surface area contributed by atoms with Crippen LogP contribution < -0.4 is 0 Å². The Kier molecular flexibility index (Phi) is 7.07. The Morgan fingerprint density at radius 3 is 2.29 bits per heavy atom. The number of ketones is 1. The summed E-state index contributed by atoms with van der Waals surface area (Å²) in [5.74, 6) is -0.360. The summed E-state index contributed by atoms with van der Waals surface area (Å²) in [7, 11) is 0. The molecule has 0 aliphatic heterocycles. The molecule has 0 aromatic heterocycles. The summed E-state index contributed by atoms with van der Waals surface area (Å²) in [6.45, 7) is 4.01. The fourth-order valence-electron chi connectivity index (χ4n) is 1.42. The maximum absolute atomic E-state index is 11.4. The Morgan fingerprint density at radius 2 is 1.79 bits per heavy atom. The minimum absolute atomic E-state index is 0.143. The van der Waals surface area contributed by atoms with Gasteiger partial charge in [-0.2, -0.15) is 0 Å². The van der Waals surface area contributed by atoms with E-state index in [0.717, 1.165) is 12.8 Å². The van der Waals surface area contributed by atoms with Gasteiger partial charge in [0.1, 0.15) is 5.78 Å². The van der Waals surface area contributed by atoms with Crippen molar-refractivity contribution in [1.29, 1.82) is 0 Å². The zero-order valence-electron chi connectivity index (χ0n) is 9.08. The van der Waals surface area contributed by atoms with Crippen LogP contribution in [-0.2, 0) is 9.59 Å². The summed E-state index contributed by atoms with van der Waals surface area (Å²) in [6, 6.07) is 0. The first-order chi connectivity index (χ1) is 6.57. The zero-order chi connectivity index (χ0) is 11.0. The molecule has 0 radical (unpaired) electrons. The van der Waals surface area contributed by atoms with E-state index in [0.29, 0.717) is 19.3 Å². The number of Topliss-reactive ketones (excluding diaryl/α,β-unsaturated/α-hetero) is 1. The fourth-order valence-corrected chi connectivity index (χ4v) is 1.42. The number of rotatable bonds is 8. The molecule has 82 valence electrons. The normalized spacial score (nSPS) is 12.4. The van der Waals surface area contributed by atoms with Gasteiger partial charge >= 0.3 is 5.97 Å². The summed E-state index contributed by atoms with van der Waals surface area (Å²) in [4.78, 5) is 21.6. The van der Waals surface area contributed by atoms with Crippen LogP contribution >= 0.6 is 0 Å². The fraction of sp³-hybridized carbons (Fsp3) is 0.818. The molecule has 3 nitrogen and oxygen atoms in total. The van der Waals surface area contributed by atoms with Crippen molar-refractivity contribution in [2.24, 2.45) is 5.92 Å². The third-order valence-electron chi connectivity index (χ3n) is 2.34. The number of carbonyl (C=O) groups is 2. The average Bonchev–Trinajstić information content (AvgIpc) is 2.12. The minimum atomic E-state index is -0.779. The Balaban J connectivity index is 3.48. The van der Waals surface area contributed by atoms with Crippen LogP contribution in [0.1, 0.15) is 52.4 Å². The highest BCUT2D eigenvalue weighted by Crippen LogP contribution is 2.11. The maximum atomic E-state index is 11.4. The molecule has 0 saturated heterocycles. The van der Waals surface area contributed by atoms with E-state index in [1.54, 1.807) is 0 Å². The van der Waals surface area contributed by atoms with Gasteiger partial charge in [0.25, 0.3) is 0 Å². The molecule has 3 heteroatoms. The number of aliphatic carboxylic acids is 1. The van der Waals surface area contributed by atoms with E-state index in [2.05, 4.69) is 6.92 Å². The van der Waals surface area contributed by atoms with Crippen LogP contribution in [0.25, 0.3) is 0 Å². The maximum Gasteiger partial charge on any atom is 0.303 e. The number of unbranched alkanes of at least 4 members (excludes halogenated alkanes) is 1. The summed E-state index contributed by atoms with van der Waals surface area (Å²) in [6.07, 6.45) is 4.00. The molecule has 0 saturated carbocycles. The van der Waals surface area contributed by atoms with E-state index in [1.807, 2.05) is 6.92 Å². The van der Waals surface area contributed by atoms with Crippen molar-refractivity contribution in [1.82, 2.24) is 0 Å². The molecule has 0 aliphatic rings. The van der Waals surface area contributed by atoms with Crippen molar-refractivity contribution in [2.45, 2.75) is 52.4 Å². The van der Waals surface area contributed by atoms with Crippen LogP contribution in [-0.4, -0.2) is 16.9 Å². The summed E-state index contributed by atoms with van der Waals surface area (Å²) in [5, 5.41) is 8.39. The van der Waals surface area contributed by atoms with Crippen LogP contribution in [0.2, 0.25) is 0 Å². The highest BCUT2D eigenvalue weighted by atomic mass is 16.4. The van der Waals surface area contributed by atoms with Gasteiger partial charge in [0, 0.05) is 18.8 Å². The second-order valence-electron chi connectivity index (χ2n) is 3.76. The predicted molar refractivity (Wildman–Crippen MR) is 55.2 cm³/mol. The zero-order valence-corrected chi connectivity index (χ0v) is 9.08. The topological polar surface area (TPSA) is 54.4 Å². The lowest BCUT2D eigenvalue weighted by atomic mass is 9.97. The Morgan fingerprint density at radius 1 is 1.21 bits per heavy atom. The van der Waals surface area contributed by atoms with E-state index < -0.39 is 5.97 Å². The smallest absolute Gasteiger partial charge is 0.303 e. The average molecular weight is 200 g/mol. The van der Waals surface area contributed by atoms with Crippen molar-refractivity contribution in [3.63, 3.8) is 0 Å². The lowest BCUT2D eigenvalue weighted by Gasteiger charge is -2.07. The summed E-state index contributed by atoms with van der Waals surface area (Å²) < 4.78 is 0. The first kappa shape index (κ1) is 13.1. The molecule has 0 aromatic rings. The molecule has 0 amide bonds. The summed E-state index contributed by atoms with van der Waals surface area (Å²) >= 11 is 0. The van der Waals surface area contributed by atoms with E-state index in [1.165, 1.54) is 0 Å². The highest BCUT2D eigenvalue weighted by molar-refractivity contribution is 5.80. The van der Waals surface area contributed by atoms with Gasteiger partial charge in [0.2, 0.25) is 0 Å². The van der Waals surface area contributed by atoms with Crippen molar-refractivity contribution in [3.8, 4) is 0 Å². The van der Waals surface area contributed by atoms with E-state index >= 15 is 0 Å². The lowest BCUT2D eigenvalue weighted by Crippen LogP contribution is -2.10. The molecule has 14 heavy (non-hydrogen) atoms. The van der Waals surface area contributed by atoms with Crippen LogP contribution in [0.15, 0.2) is 0 Å². The van der Waals surface area contributed by atoms with Gasteiger partial charge in [-0.1, -0.05) is 20.3 Å². The molecule has 1 unspecified atom stereocenters. The molecule has 0 fully saturated rings. The molecule has 0 rings (SSSR count). The summed E-state index contributed by atoms with van der Waals surface area (Å²) in [5.41, 5.74) is 0. The van der Waals surface area contributed by atoms with Gasteiger partial charge in [0.15, 0.2) is 0 Å². The van der Waals surface area contributed by atoms with E-state index in [-0.39, 0.29) is 18.1 Å². The van der Waals surface area contributed by atoms with Crippen LogP contribution in [0.4, 0.5) is 0 Å². The quantitative estimate of drug-likeness (QED) is 0.613. The molecule has 0 spiro atoms. The van der Waals surface area contributed by atoms with Crippen molar-refractivity contribution >= 4 is 11.8 Å². The monoisotopic (exact) mass is 200 g/mol. The molecular weight excluding hydrogens is 180 g/mol. The lowest BCUT2D eigenvalue weighted by molar-refractivity contribution is -0.137. The largest absolute Gasteiger partial charge is 0.481 e. The van der Waals surface area contributed by atoms with Crippen LogP contribution in [0.3, 0.4) is 0 Å². The van der Waals surface area contributed by atoms with Gasteiger partial charge in [-0.15, -0.1) is 0 Å². The number of carboxylic acid groups (broad SMARTS) is 1. The number of hydrogen-bond donors (Lipinski definition) is 1. The van der Waals surface area contributed by atoms with Crippen molar-refractivity contribution in [3.05, 3.63) is 0 Å². The second kappa shape index (κ2) is 7.54. The highest BCUT2D eigenvalue weighted by Gasteiger charge is 2.11. The van der Waals surface area contributed by atoms with E-state index in [9.17, 15) is 9.59 Å². The number of hydrogen-bond acceptors (Lipinski definition) is 2. The number of carboxylic acids is 1.